The van der Waals surface area contributed by atoms with Crippen LogP contribution in [0, 0.1) is 0 Å². The summed E-state index contributed by atoms with van der Waals surface area (Å²) in [4.78, 5) is 0. The van der Waals surface area contributed by atoms with Gasteiger partial charge in [0.15, 0.2) is 0 Å². The van der Waals surface area contributed by atoms with Crippen LogP contribution in [0.2, 0.25) is 13.1 Å². The standard InChI is InChI=1S/C28H36F3O4SSi/c1-16-23(35-36(32,33)28(29,30)31)19-13-11-12-18(22(19)25(16)37(9)10)17-14-20(26(2,3)4)24(34-8)21(15-17)27(5,6)7/h11-15,23H,1-10H3. The van der Waals surface area contributed by atoms with Crippen molar-refractivity contribution in [2.75, 3.05) is 7.11 Å². The van der Waals surface area contributed by atoms with Crippen molar-refractivity contribution in [1.82, 2.24) is 0 Å². The fraction of sp³-hybridized carbons (Fsp3) is 0.500. The Bertz CT molecular complexity index is 1310. The Balaban J connectivity index is 2.38. The smallest absolute Gasteiger partial charge is 0.496 e. The molecule has 37 heavy (non-hydrogen) atoms. The molecular formula is C28H36F3O4SSi. The zero-order valence-corrected chi connectivity index (χ0v) is 25.0. The Morgan fingerprint density at radius 2 is 1.43 bits per heavy atom. The van der Waals surface area contributed by atoms with Crippen molar-refractivity contribution in [2.45, 2.75) is 84.0 Å². The Morgan fingerprint density at radius 3 is 1.84 bits per heavy atom. The van der Waals surface area contributed by atoms with E-state index in [1.54, 1.807) is 26.2 Å². The van der Waals surface area contributed by atoms with Crippen LogP contribution in [0.15, 0.2) is 35.9 Å². The summed E-state index contributed by atoms with van der Waals surface area (Å²) in [6.07, 6.45) is -1.32. The molecule has 1 aliphatic carbocycles. The Kier molecular flexibility index (Phi) is 7.62. The molecular weight excluding hydrogens is 517 g/mol. The highest BCUT2D eigenvalue weighted by atomic mass is 32.2. The van der Waals surface area contributed by atoms with Crippen molar-refractivity contribution in [1.29, 1.82) is 0 Å². The highest BCUT2D eigenvalue weighted by Crippen LogP contribution is 2.50. The topological polar surface area (TPSA) is 52.6 Å². The molecule has 2 aromatic carbocycles. The molecule has 1 radical (unpaired) electrons. The van der Waals surface area contributed by atoms with Gasteiger partial charge in [0, 0.05) is 11.1 Å². The first-order valence-corrected chi connectivity index (χ1v) is 16.0. The molecule has 0 aliphatic heterocycles. The molecule has 0 amide bonds. The van der Waals surface area contributed by atoms with E-state index in [0.717, 1.165) is 38.8 Å². The second kappa shape index (κ2) is 9.57. The molecule has 0 aromatic heterocycles. The van der Waals surface area contributed by atoms with E-state index < -0.39 is 30.5 Å². The molecule has 4 nitrogen and oxygen atoms in total. The van der Waals surface area contributed by atoms with Crippen LogP contribution in [0.1, 0.15) is 76.8 Å². The predicted molar refractivity (Wildman–Crippen MR) is 145 cm³/mol. The fourth-order valence-electron chi connectivity index (χ4n) is 4.94. The van der Waals surface area contributed by atoms with Gasteiger partial charge >= 0.3 is 15.6 Å². The lowest BCUT2D eigenvalue weighted by molar-refractivity contribution is -0.0562. The molecule has 0 fully saturated rings. The number of ether oxygens (including phenoxy) is 1. The number of alkyl halides is 3. The lowest BCUT2D eigenvalue weighted by atomic mass is 9.77. The maximum atomic E-state index is 13.2. The highest BCUT2D eigenvalue weighted by molar-refractivity contribution is 7.87. The van der Waals surface area contributed by atoms with Crippen LogP contribution in [0.3, 0.4) is 0 Å². The van der Waals surface area contributed by atoms with Crippen LogP contribution in [-0.2, 0) is 25.1 Å². The Hall–Kier alpha value is -2.10. The van der Waals surface area contributed by atoms with Gasteiger partial charge in [-0.05, 0) is 57.7 Å². The van der Waals surface area contributed by atoms with E-state index in [0.29, 0.717) is 11.1 Å². The summed E-state index contributed by atoms with van der Waals surface area (Å²) in [6.45, 7) is 18.4. The summed E-state index contributed by atoms with van der Waals surface area (Å²) in [6, 6.07) is 9.51. The number of hydrogen-bond acceptors (Lipinski definition) is 4. The van der Waals surface area contributed by atoms with Crippen LogP contribution in [-0.4, -0.2) is 29.8 Å². The molecule has 0 heterocycles. The molecule has 1 aliphatic rings. The van der Waals surface area contributed by atoms with E-state index in [2.05, 4.69) is 53.7 Å². The summed E-state index contributed by atoms with van der Waals surface area (Å²) >= 11 is 0. The van der Waals surface area contributed by atoms with Crippen LogP contribution in [0.4, 0.5) is 13.2 Å². The van der Waals surface area contributed by atoms with Gasteiger partial charge in [0.05, 0.1) is 15.9 Å². The molecule has 2 aromatic rings. The largest absolute Gasteiger partial charge is 0.523 e. The first-order chi connectivity index (χ1) is 16.7. The Labute approximate surface area is 220 Å². The molecule has 0 spiro atoms. The van der Waals surface area contributed by atoms with Crippen molar-refractivity contribution in [3.8, 4) is 16.9 Å². The van der Waals surface area contributed by atoms with Gasteiger partial charge in [-0.1, -0.05) is 78.0 Å². The number of methoxy groups -OCH3 is 1. The van der Waals surface area contributed by atoms with Crippen LogP contribution in [0.25, 0.3) is 16.3 Å². The van der Waals surface area contributed by atoms with Crippen molar-refractivity contribution in [3.63, 3.8) is 0 Å². The molecule has 9 heteroatoms. The summed E-state index contributed by atoms with van der Waals surface area (Å²) in [5.74, 6) is 0.816. The first-order valence-electron chi connectivity index (χ1n) is 12.1. The molecule has 203 valence electrons. The van der Waals surface area contributed by atoms with Crippen molar-refractivity contribution in [3.05, 3.63) is 58.2 Å². The monoisotopic (exact) mass is 553 g/mol. The van der Waals surface area contributed by atoms with Gasteiger partial charge in [0.25, 0.3) is 0 Å². The average Bonchev–Trinajstić information content (AvgIpc) is 3.02. The highest BCUT2D eigenvalue weighted by Gasteiger charge is 2.50. The van der Waals surface area contributed by atoms with E-state index in [9.17, 15) is 21.6 Å². The minimum absolute atomic E-state index is 0.245. The SMILES string of the molecule is COc1c(C(C)(C)C)cc(-c2cccc3c2C([Si](C)C)=C(C)C3OS(=O)(=O)C(F)(F)F)cc1C(C)(C)C. The van der Waals surface area contributed by atoms with Gasteiger partial charge in [-0.15, -0.1) is 0 Å². The lowest BCUT2D eigenvalue weighted by Crippen LogP contribution is -2.27. The predicted octanol–water partition coefficient (Wildman–Crippen LogP) is 7.95. The second-order valence-electron chi connectivity index (χ2n) is 11.8. The average molecular weight is 554 g/mol. The number of benzene rings is 2. The van der Waals surface area contributed by atoms with Gasteiger partial charge in [-0.3, -0.25) is 4.18 Å². The van der Waals surface area contributed by atoms with Gasteiger partial charge in [-0.2, -0.15) is 21.6 Å². The third kappa shape index (κ3) is 5.40. The van der Waals surface area contributed by atoms with Crippen LogP contribution >= 0.6 is 0 Å². The third-order valence-corrected chi connectivity index (χ3v) is 9.30. The van der Waals surface area contributed by atoms with Gasteiger partial charge in [0.1, 0.15) is 11.9 Å². The van der Waals surface area contributed by atoms with Crippen molar-refractivity contribution in [2.24, 2.45) is 0 Å². The van der Waals surface area contributed by atoms with Crippen LogP contribution in [0.5, 0.6) is 5.75 Å². The molecule has 0 bridgehead atoms. The Morgan fingerprint density at radius 1 is 0.919 bits per heavy atom. The summed E-state index contributed by atoms with van der Waals surface area (Å²) in [7, 11) is -5.34. The molecule has 0 saturated carbocycles. The normalized spacial score (nSPS) is 17.0. The van der Waals surface area contributed by atoms with Gasteiger partial charge in [0.2, 0.25) is 0 Å². The second-order valence-corrected chi connectivity index (χ2v) is 15.9. The molecule has 0 N–H and O–H groups in total. The molecule has 1 unspecified atom stereocenters. The van der Waals surface area contributed by atoms with Crippen LogP contribution < -0.4 is 4.74 Å². The summed E-state index contributed by atoms with van der Waals surface area (Å²) in [5, 5.41) is 0.892. The summed E-state index contributed by atoms with van der Waals surface area (Å²) < 4.78 is 74.5. The maximum absolute atomic E-state index is 13.2. The van der Waals surface area contributed by atoms with E-state index >= 15 is 0 Å². The van der Waals surface area contributed by atoms with E-state index in [-0.39, 0.29) is 10.8 Å². The minimum Gasteiger partial charge on any atom is -0.496 e. The number of rotatable bonds is 5. The fourth-order valence-corrected chi connectivity index (χ4v) is 7.25. The molecule has 3 rings (SSSR count). The first kappa shape index (κ1) is 29.5. The zero-order chi connectivity index (χ0) is 28.3. The van der Waals surface area contributed by atoms with Crippen molar-refractivity contribution < 1.29 is 30.5 Å². The quantitative estimate of drug-likeness (QED) is 0.214. The van der Waals surface area contributed by atoms with E-state index in [1.807, 2.05) is 19.2 Å². The maximum Gasteiger partial charge on any atom is 0.523 e. The van der Waals surface area contributed by atoms with Crippen molar-refractivity contribution >= 4 is 24.1 Å². The lowest BCUT2D eigenvalue weighted by Gasteiger charge is -2.30. The minimum atomic E-state index is -5.78. The number of halogens is 3. The van der Waals surface area contributed by atoms with Gasteiger partial charge < -0.3 is 4.74 Å². The number of fused-ring (bicyclic) bond motifs is 1. The van der Waals surface area contributed by atoms with E-state index in [4.69, 9.17) is 8.92 Å². The molecule has 1 atom stereocenters. The summed E-state index contributed by atoms with van der Waals surface area (Å²) in [5.41, 5.74) is -0.500. The molecule has 0 saturated heterocycles. The third-order valence-electron chi connectivity index (χ3n) is 6.64. The zero-order valence-electron chi connectivity index (χ0n) is 23.1. The van der Waals surface area contributed by atoms with E-state index in [1.165, 1.54) is 0 Å². The van der Waals surface area contributed by atoms with Gasteiger partial charge in [-0.25, -0.2) is 0 Å². The number of hydrogen-bond donors (Lipinski definition) is 0.